The van der Waals surface area contributed by atoms with Gasteiger partial charge in [0.1, 0.15) is 6.33 Å². The van der Waals surface area contributed by atoms with Crippen LogP contribution in [0.3, 0.4) is 0 Å². The van der Waals surface area contributed by atoms with Crippen LogP contribution in [0.4, 0.5) is 0 Å². The van der Waals surface area contributed by atoms with E-state index >= 15 is 0 Å². The third-order valence-corrected chi connectivity index (χ3v) is 2.25. The first-order valence-corrected chi connectivity index (χ1v) is 5.08. The highest BCUT2D eigenvalue weighted by Crippen LogP contribution is 2.11. The normalized spacial score (nSPS) is 10.6. The molecule has 1 amide bonds. The molecule has 86 valence electrons. The first-order valence-electron chi connectivity index (χ1n) is 4.70. The van der Waals surface area contributed by atoms with Crippen molar-refractivity contribution in [2.75, 3.05) is 0 Å². The molecule has 6 nitrogen and oxygen atoms in total. The van der Waals surface area contributed by atoms with E-state index in [4.69, 9.17) is 11.6 Å². The van der Waals surface area contributed by atoms with E-state index in [2.05, 4.69) is 25.7 Å². The summed E-state index contributed by atoms with van der Waals surface area (Å²) < 4.78 is 0. The van der Waals surface area contributed by atoms with Crippen LogP contribution in [-0.2, 0) is 0 Å². The fraction of sp³-hybridized carbons (Fsp3) is 0. The molecule has 0 saturated carbocycles. The van der Waals surface area contributed by atoms with Crippen LogP contribution in [0.1, 0.15) is 16.2 Å². The first-order chi connectivity index (χ1) is 8.27. The molecule has 1 aromatic heterocycles. The second-order valence-corrected chi connectivity index (χ2v) is 3.46. The van der Waals surface area contributed by atoms with Gasteiger partial charge in [0.25, 0.3) is 0 Å². The Kier molecular flexibility index (Phi) is 3.46. The zero-order valence-corrected chi connectivity index (χ0v) is 9.35. The summed E-state index contributed by atoms with van der Waals surface area (Å²) in [6, 6.07) is 7.16. The number of nitrogens with zero attached hydrogens (tertiary/aromatic N) is 3. The van der Waals surface area contributed by atoms with Gasteiger partial charge in [0, 0.05) is 10.6 Å². The Morgan fingerprint density at radius 2 is 2.29 bits per heavy atom. The lowest BCUT2D eigenvalue weighted by molar-refractivity contribution is 0.0945. The number of nitrogens with one attached hydrogen (secondary N) is 2. The van der Waals surface area contributed by atoms with Crippen LogP contribution < -0.4 is 5.43 Å². The van der Waals surface area contributed by atoms with Gasteiger partial charge in [0.2, 0.25) is 5.82 Å². The summed E-state index contributed by atoms with van der Waals surface area (Å²) in [5.74, 6) is -0.368. The van der Waals surface area contributed by atoms with Gasteiger partial charge in [-0.15, -0.1) is 0 Å². The highest BCUT2D eigenvalue weighted by atomic mass is 35.5. The molecule has 2 aromatic rings. The molecular formula is C10H8ClN5O. The van der Waals surface area contributed by atoms with Gasteiger partial charge in [-0.05, 0) is 6.07 Å². The van der Waals surface area contributed by atoms with E-state index in [0.29, 0.717) is 10.6 Å². The van der Waals surface area contributed by atoms with Gasteiger partial charge >= 0.3 is 5.91 Å². The second-order valence-electron chi connectivity index (χ2n) is 3.05. The van der Waals surface area contributed by atoms with E-state index in [9.17, 15) is 4.79 Å². The van der Waals surface area contributed by atoms with E-state index in [-0.39, 0.29) is 5.82 Å². The van der Waals surface area contributed by atoms with Crippen molar-refractivity contribution in [1.82, 2.24) is 20.6 Å². The lowest BCUT2D eigenvalue weighted by atomic mass is 10.2. The molecule has 0 radical (unpaired) electrons. The number of hydrazone groups is 1. The Labute approximate surface area is 102 Å². The predicted molar refractivity (Wildman–Crippen MR) is 62.9 cm³/mol. The van der Waals surface area contributed by atoms with Crippen molar-refractivity contribution in [3.05, 3.63) is 47.0 Å². The molecule has 0 fully saturated rings. The van der Waals surface area contributed by atoms with Gasteiger partial charge in [-0.2, -0.15) is 10.2 Å². The molecule has 7 heteroatoms. The zero-order chi connectivity index (χ0) is 12.1. The molecule has 0 aliphatic carbocycles. The average molecular weight is 250 g/mol. The van der Waals surface area contributed by atoms with Crippen LogP contribution in [0.25, 0.3) is 0 Å². The summed E-state index contributed by atoms with van der Waals surface area (Å²) in [5.41, 5.74) is 3.01. The maximum Gasteiger partial charge on any atom is 0.308 e. The summed E-state index contributed by atoms with van der Waals surface area (Å²) in [6.45, 7) is 0. The van der Waals surface area contributed by atoms with E-state index < -0.39 is 5.91 Å². The molecule has 0 aliphatic rings. The average Bonchev–Trinajstić information content (AvgIpc) is 2.85. The van der Waals surface area contributed by atoms with E-state index in [0.717, 1.165) is 0 Å². The summed E-state index contributed by atoms with van der Waals surface area (Å²) in [7, 11) is 0. The van der Waals surface area contributed by atoms with Crippen LogP contribution in [0.5, 0.6) is 0 Å². The smallest absolute Gasteiger partial charge is 0.264 e. The molecule has 0 spiro atoms. The highest BCUT2D eigenvalue weighted by molar-refractivity contribution is 6.33. The van der Waals surface area contributed by atoms with Gasteiger partial charge in [-0.3, -0.25) is 9.89 Å². The zero-order valence-electron chi connectivity index (χ0n) is 8.59. The van der Waals surface area contributed by atoms with Gasteiger partial charge < -0.3 is 0 Å². The number of halogens is 1. The number of aromatic nitrogens is 3. The second kappa shape index (κ2) is 5.22. The molecule has 2 N–H and O–H groups in total. The minimum Gasteiger partial charge on any atom is -0.264 e. The predicted octanol–water partition coefficient (Wildman–Crippen LogP) is 1.22. The van der Waals surface area contributed by atoms with E-state index in [1.807, 2.05) is 12.1 Å². The Bertz CT molecular complexity index is 537. The minimum absolute atomic E-state index is 0.0984. The van der Waals surface area contributed by atoms with E-state index in [1.54, 1.807) is 12.1 Å². The first kappa shape index (κ1) is 11.3. The molecule has 1 aromatic carbocycles. The number of rotatable bonds is 3. The fourth-order valence-corrected chi connectivity index (χ4v) is 1.29. The fourth-order valence-electron chi connectivity index (χ4n) is 1.11. The lowest BCUT2D eigenvalue weighted by Gasteiger charge is -1.96. The molecule has 0 bridgehead atoms. The maximum absolute atomic E-state index is 11.4. The molecular weight excluding hydrogens is 242 g/mol. The summed E-state index contributed by atoms with van der Waals surface area (Å²) >= 11 is 5.91. The largest absolute Gasteiger partial charge is 0.308 e. The van der Waals surface area contributed by atoms with Gasteiger partial charge in [-0.1, -0.05) is 29.8 Å². The van der Waals surface area contributed by atoms with Crippen LogP contribution in [-0.4, -0.2) is 27.3 Å². The molecule has 0 unspecified atom stereocenters. The van der Waals surface area contributed by atoms with Crippen molar-refractivity contribution < 1.29 is 4.79 Å². The number of amides is 1. The number of aromatic amines is 1. The third kappa shape index (κ3) is 2.88. The topological polar surface area (TPSA) is 83.0 Å². The number of hydrogen-bond donors (Lipinski definition) is 2. The van der Waals surface area contributed by atoms with Crippen molar-refractivity contribution in [1.29, 1.82) is 0 Å². The van der Waals surface area contributed by atoms with Crippen LogP contribution in [0.15, 0.2) is 35.7 Å². The molecule has 0 saturated heterocycles. The van der Waals surface area contributed by atoms with Crippen molar-refractivity contribution in [2.24, 2.45) is 5.10 Å². The highest BCUT2D eigenvalue weighted by Gasteiger charge is 2.06. The molecule has 17 heavy (non-hydrogen) atoms. The van der Waals surface area contributed by atoms with Crippen molar-refractivity contribution in [3.8, 4) is 0 Å². The van der Waals surface area contributed by atoms with Crippen molar-refractivity contribution in [2.45, 2.75) is 0 Å². The van der Waals surface area contributed by atoms with Crippen molar-refractivity contribution in [3.63, 3.8) is 0 Å². The Balaban J connectivity index is 1.99. The Morgan fingerprint density at radius 3 is 3.00 bits per heavy atom. The quantitative estimate of drug-likeness (QED) is 0.634. The number of benzene rings is 1. The maximum atomic E-state index is 11.4. The molecule has 2 rings (SSSR count). The number of H-pyrrole nitrogens is 1. The van der Waals surface area contributed by atoms with Crippen molar-refractivity contribution >= 4 is 23.7 Å². The molecule has 0 atom stereocenters. The van der Waals surface area contributed by atoms with Crippen LogP contribution in [0, 0.1) is 0 Å². The lowest BCUT2D eigenvalue weighted by Crippen LogP contribution is -2.19. The summed E-state index contributed by atoms with van der Waals surface area (Å²) in [5, 5.41) is 10.3. The van der Waals surface area contributed by atoms with Gasteiger partial charge in [0.15, 0.2) is 0 Å². The Hall–Kier alpha value is -2.21. The standard InChI is InChI=1S/C10H8ClN5O/c11-8-4-2-1-3-7(8)5-13-16-10(17)9-12-6-14-15-9/h1-6H,(H,16,17)(H,12,14,15)/b13-5+. The number of carbonyl (C=O) groups is 1. The van der Waals surface area contributed by atoms with E-state index in [1.165, 1.54) is 12.5 Å². The number of hydrogen-bond acceptors (Lipinski definition) is 4. The van der Waals surface area contributed by atoms with Crippen LogP contribution in [0.2, 0.25) is 5.02 Å². The monoisotopic (exact) mass is 249 g/mol. The molecule has 1 heterocycles. The SMILES string of the molecule is O=C(N/N=C/c1ccccc1Cl)c1ncn[nH]1. The third-order valence-electron chi connectivity index (χ3n) is 1.91. The summed E-state index contributed by atoms with van der Waals surface area (Å²) in [6.07, 6.45) is 2.70. The van der Waals surface area contributed by atoms with Crippen LogP contribution >= 0.6 is 11.6 Å². The molecule has 0 aliphatic heterocycles. The number of carbonyl (C=O) groups excluding carboxylic acids is 1. The Morgan fingerprint density at radius 1 is 1.47 bits per heavy atom. The van der Waals surface area contributed by atoms with Gasteiger partial charge in [-0.25, -0.2) is 10.4 Å². The summed E-state index contributed by atoms with van der Waals surface area (Å²) in [4.78, 5) is 15.1. The van der Waals surface area contributed by atoms with Gasteiger partial charge in [0.05, 0.1) is 6.21 Å². The minimum atomic E-state index is -0.467.